The number of nitrogens with two attached hydrogens (primary N) is 1. The Labute approximate surface area is 106 Å². The lowest BCUT2D eigenvalue weighted by atomic mass is 10.1. The van der Waals surface area contributed by atoms with Gasteiger partial charge in [-0.1, -0.05) is 18.2 Å². The van der Waals surface area contributed by atoms with E-state index >= 15 is 0 Å². The Bertz CT molecular complexity index is 389. The molecule has 1 fully saturated rings. The first-order valence-corrected chi connectivity index (χ1v) is 7.09. The average molecular weight is 250 g/mol. The summed E-state index contributed by atoms with van der Waals surface area (Å²) in [5.41, 5.74) is 6.96. The number of hydrogen-bond acceptors (Lipinski definition) is 3. The Morgan fingerprint density at radius 1 is 1.47 bits per heavy atom. The van der Waals surface area contributed by atoms with Gasteiger partial charge in [-0.05, 0) is 42.0 Å². The fourth-order valence-corrected chi connectivity index (χ4v) is 3.35. The second kappa shape index (κ2) is 6.07. The highest BCUT2D eigenvalue weighted by molar-refractivity contribution is 7.99. The van der Waals surface area contributed by atoms with E-state index in [1.165, 1.54) is 17.9 Å². The summed E-state index contributed by atoms with van der Waals surface area (Å²) in [4.78, 5) is 11.2. The SMILES string of the molecule is NC(=O)c1ccccc1CNCC1CCSC1. The van der Waals surface area contributed by atoms with Gasteiger partial charge in [0.15, 0.2) is 0 Å². The van der Waals surface area contributed by atoms with E-state index in [1.54, 1.807) is 6.07 Å². The van der Waals surface area contributed by atoms with Gasteiger partial charge in [0.1, 0.15) is 0 Å². The first-order valence-electron chi connectivity index (χ1n) is 5.93. The molecule has 3 N–H and O–H groups in total. The second-order valence-electron chi connectivity index (χ2n) is 4.38. The third-order valence-electron chi connectivity index (χ3n) is 3.06. The van der Waals surface area contributed by atoms with Crippen LogP contribution in [0, 0.1) is 5.92 Å². The monoisotopic (exact) mass is 250 g/mol. The Balaban J connectivity index is 1.87. The number of carbonyl (C=O) groups excluding carboxylic acids is 1. The molecule has 2 rings (SSSR count). The van der Waals surface area contributed by atoms with Crippen molar-refractivity contribution in [2.75, 3.05) is 18.1 Å². The molecule has 1 amide bonds. The summed E-state index contributed by atoms with van der Waals surface area (Å²) < 4.78 is 0. The smallest absolute Gasteiger partial charge is 0.249 e. The van der Waals surface area contributed by atoms with Gasteiger partial charge < -0.3 is 11.1 Å². The molecule has 1 saturated heterocycles. The minimum Gasteiger partial charge on any atom is -0.366 e. The molecule has 0 spiro atoms. The van der Waals surface area contributed by atoms with Crippen LogP contribution in [0.15, 0.2) is 24.3 Å². The third kappa shape index (κ3) is 3.48. The summed E-state index contributed by atoms with van der Waals surface area (Å²) in [6, 6.07) is 7.52. The molecule has 4 heteroatoms. The maximum atomic E-state index is 11.2. The summed E-state index contributed by atoms with van der Waals surface area (Å²) >= 11 is 2.02. The average Bonchev–Trinajstić information content (AvgIpc) is 2.82. The summed E-state index contributed by atoms with van der Waals surface area (Å²) in [7, 11) is 0. The number of hydrogen-bond donors (Lipinski definition) is 2. The molecule has 1 aliphatic rings. The highest BCUT2D eigenvalue weighted by Crippen LogP contribution is 2.22. The molecule has 1 unspecified atom stereocenters. The highest BCUT2D eigenvalue weighted by Gasteiger charge is 2.15. The summed E-state index contributed by atoms with van der Waals surface area (Å²) in [5, 5.41) is 3.42. The highest BCUT2D eigenvalue weighted by atomic mass is 32.2. The fourth-order valence-electron chi connectivity index (χ4n) is 2.07. The normalized spacial score (nSPS) is 19.4. The zero-order chi connectivity index (χ0) is 12.1. The predicted octanol–water partition coefficient (Wildman–Crippen LogP) is 1.63. The minimum absolute atomic E-state index is 0.348. The maximum absolute atomic E-state index is 11.2. The van der Waals surface area contributed by atoms with Crippen molar-refractivity contribution < 1.29 is 4.79 Å². The molecule has 17 heavy (non-hydrogen) atoms. The largest absolute Gasteiger partial charge is 0.366 e. The number of benzene rings is 1. The van der Waals surface area contributed by atoms with Crippen LogP contribution in [0.5, 0.6) is 0 Å². The van der Waals surface area contributed by atoms with E-state index in [2.05, 4.69) is 5.32 Å². The van der Waals surface area contributed by atoms with E-state index in [0.29, 0.717) is 5.56 Å². The number of amides is 1. The van der Waals surface area contributed by atoms with Crippen LogP contribution < -0.4 is 11.1 Å². The molecule has 1 atom stereocenters. The zero-order valence-electron chi connectivity index (χ0n) is 9.82. The Kier molecular flexibility index (Phi) is 4.45. The summed E-state index contributed by atoms with van der Waals surface area (Å²) in [5.74, 6) is 2.97. The van der Waals surface area contributed by atoms with Crippen LogP contribution in [0.2, 0.25) is 0 Å². The van der Waals surface area contributed by atoms with Gasteiger partial charge in [0.25, 0.3) is 0 Å². The van der Waals surface area contributed by atoms with E-state index in [1.807, 2.05) is 30.0 Å². The molecular weight excluding hydrogens is 232 g/mol. The van der Waals surface area contributed by atoms with Crippen LogP contribution in [0.4, 0.5) is 0 Å². The van der Waals surface area contributed by atoms with E-state index < -0.39 is 0 Å². The molecule has 1 aromatic rings. The lowest BCUT2D eigenvalue weighted by Crippen LogP contribution is -2.24. The quantitative estimate of drug-likeness (QED) is 0.835. The van der Waals surface area contributed by atoms with Crippen molar-refractivity contribution in [1.82, 2.24) is 5.32 Å². The maximum Gasteiger partial charge on any atom is 0.249 e. The van der Waals surface area contributed by atoms with Crippen LogP contribution >= 0.6 is 11.8 Å². The molecule has 1 aliphatic heterocycles. The number of primary amides is 1. The van der Waals surface area contributed by atoms with Crippen molar-refractivity contribution in [1.29, 1.82) is 0 Å². The van der Waals surface area contributed by atoms with Gasteiger partial charge >= 0.3 is 0 Å². The lowest BCUT2D eigenvalue weighted by molar-refractivity contribution is 0.0999. The Morgan fingerprint density at radius 3 is 3.00 bits per heavy atom. The molecule has 0 bridgehead atoms. The minimum atomic E-state index is -0.348. The molecule has 0 aromatic heterocycles. The molecule has 0 saturated carbocycles. The lowest BCUT2D eigenvalue weighted by Gasteiger charge is -2.11. The van der Waals surface area contributed by atoms with Crippen LogP contribution in [0.3, 0.4) is 0 Å². The van der Waals surface area contributed by atoms with Gasteiger partial charge in [-0.15, -0.1) is 0 Å². The molecule has 1 aromatic carbocycles. The number of carbonyl (C=O) groups is 1. The van der Waals surface area contributed by atoms with Gasteiger partial charge in [0, 0.05) is 12.1 Å². The van der Waals surface area contributed by atoms with Crippen LogP contribution in [0.25, 0.3) is 0 Å². The molecule has 0 aliphatic carbocycles. The van der Waals surface area contributed by atoms with Crippen LogP contribution in [0.1, 0.15) is 22.3 Å². The van der Waals surface area contributed by atoms with E-state index in [0.717, 1.165) is 24.6 Å². The molecular formula is C13H18N2OS. The first-order chi connectivity index (χ1) is 8.27. The van der Waals surface area contributed by atoms with Gasteiger partial charge in [-0.25, -0.2) is 0 Å². The van der Waals surface area contributed by atoms with E-state index in [-0.39, 0.29) is 5.91 Å². The Hall–Kier alpha value is -1.00. The standard InChI is InChI=1S/C13H18N2OS/c14-13(16)12-4-2-1-3-11(12)8-15-7-10-5-6-17-9-10/h1-4,10,15H,5-9H2,(H2,14,16). The predicted molar refractivity (Wildman–Crippen MR) is 72.1 cm³/mol. The van der Waals surface area contributed by atoms with Crippen molar-refractivity contribution >= 4 is 17.7 Å². The summed E-state index contributed by atoms with van der Waals surface area (Å²) in [6.45, 7) is 1.75. The zero-order valence-corrected chi connectivity index (χ0v) is 10.6. The fraction of sp³-hybridized carbons (Fsp3) is 0.462. The number of thioether (sulfide) groups is 1. The van der Waals surface area contributed by atoms with Crippen molar-refractivity contribution in [3.8, 4) is 0 Å². The molecule has 92 valence electrons. The van der Waals surface area contributed by atoms with Crippen molar-refractivity contribution in [3.63, 3.8) is 0 Å². The molecule has 1 heterocycles. The van der Waals surface area contributed by atoms with Gasteiger partial charge in [-0.3, -0.25) is 4.79 Å². The van der Waals surface area contributed by atoms with Gasteiger partial charge in [-0.2, -0.15) is 11.8 Å². The van der Waals surface area contributed by atoms with Crippen LogP contribution in [-0.2, 0) is 6.54 Å². The Morgan fingerprint density at radius 2 is 2.29 bits per heavy atom. The third-order valence-corrected chi connectivity index (χ3v) is 4.29. The van der Waals surface area contributed by atoms with Crippen molar-refractivity contribution in [2.45, 2.75) is 13.0 Å². The van der Waals surface area contributed by atoms with Gasteiger partial charge in [0.05, 0.1) is 0 Å². The molecule has 3 nitrogen and oxygen atoms in total. The van der Waals surface area contributed by atoms with Crippen molar-refractivity contribution in [2.24, 2.45) is 11.7 Å². The van der Waals surface area contributed by atoms with E-state index in [4.69, 9.17) is 5.73 Å². The first kappa shape index (κ1) is 12.5. The number of nitrogens with one attached hydrogen (secondary N) is 1. The summed E-state index contributed by atoms with van der Waals surface area (Å²) in [6.07, 6.45) is 1.30. The second-order valence-corrected chi connectivity index (χ2v) is 5.53. The van der Waals surface area contributed by atoms with Crippen molar-refractivity contribution in [3.05, 3.63) is 35.4 Å². The van der Waals surface area contributed by atoms with Gasteiger partial charge in [0.2, 0.25) is 5.91 Å². The topological polar surface area (TPSA) is 55.1 Å². The van der Waals surface area contributed by atoms with Crippen LogP contribution in [-0.4, -0.2) is 24.0 Å². The number of rotatable bonds is 5. The van der Waals surface area contributed by atoms with E-state index in [9.17, 15) is 4.79 Å². The molecule has 0 radical (unpaired) electrons.